The Morgan fingerprint density at radius 3 is 2.44 bits per heavy atom. The largest absolute Gasteiger partial charge is 0.384 e. The number of rotatable bonds is 2. The Balaban J connectivity index is 2.47. The van der Waals surface area contributed by atoms with E-state index in [4.69, 9.17) is 11.6 Å². The molecule has 1 atom stereocenters. The fourth-order valence-electron chi connectivity index (χ4n) is 1.82. The van der Waals surface area contributed by atoms with Gasteiger partial charge in [-0.2, -0.15) is 0 Å². The minimum Gasteiger partial charge on any atom is -0.384 e. The van der Waals surface area contributed by atoms with Crippen LogP contribution in [0.2, 0.25) is 5.02 Å². The van der Waals surface area contributed by atoms with E-state index in [9.17, 15) is 13.9 Å². The lowest BCUT2D eigenvalue weighted by atomic mass is 9.97. The molecular formula is C14H11ClF2O. The summed E-state index contributed by atoms with van der Waals surface area (Å²) in [5.41, 5.74) is 1.43. The number of aryl methyl sites for hydroxylation is 1. The van der Waals surface area contributed by atoms with Crippen LogP contribution in [0, 0.1) is 18.6 Å². The molecule has 4 heteroatoms. The molecule has 0 spiro atoms. The molecule has 0 radical (unpaired) electrons. The summed E-state index contributed by atoms with van der Waals surface area (Å²) in [5, 5.41) is 10.3. The predicted molar refractivity (Wildman–Crippen MR) is 66.6 cm³/mol. The van der Waals surface area contributed by atoms with E-state index in [1.807, 2.05) is 0 Å². The zero-order chi connectivity index (χ0) is 13.3. The standard InChI is InChI=1S/C14H11ClF2O/c1-8-2-3-11(16)7-13(8)14(18)9-4-10(15)6-12(17)5-9/h2-7,14,18H,1H3. The summed E-state index contributed by atoms with van der Waals surface area (Å²) in [7, 11) is 0. The average Bonchev–Trinajstić information content (AvgIpc) is 2.30. The first-order valence-corrected chi connectivity index (χ1v) is 5.75. The van der Waals surface area contributed by atoms with Gasteiger partial charge in [-0.3, -0.25) is 0 Å². The van der Waals surface area contributed by atoms with Crippen molar-refractivity contribution >= 4 is 11.6 Å². The zero-order valence-corrected chi connectivity index (χ0v) is 10.4. The molecule has 94 valence electrons. The van der Waals surface area contributed by atoms with E-state index >= 15 is 0 Å². The van der Waals surface area contributed by atoms with E-state index < -0.39 is 17.7 Å². The van der Waals surface area contributed by atoms with Crippen molar-refractivity contribution in [3.63, 3.8) is 0 Å². The number of hydrogen-bond donors (Lipinski definition) is 1. The Bertz CT molecular complexity index is 564. The first-order chi connectivity index (χ1) is 8.47. The first kappa shape index (κ1) is 13.0. The van der Waals surface area contributed by atoms with Gasteiger partial charge >= 0.3 is 0 Å². The SMILES string of the molecule is Cc1ccc(F)cc1C(O)c1cc(F)cc(Cl)c1. The van der Waals surface area contributed by atoms with Crippen LogP contribution in [0.25, 0.3) is 0 Å². The minimum absolute atomic E-state index is 0.193. The van der Waals surface area contributed by atoms with Crippen molar-refractivity contribution in [3.05, 3.63) is 69.7 Å². The van der Waals surface area contributed by atoms with Crippen molar-refractivity contribution < 1.29 is 13.9 Å². The molecule has 1 nitrogen and oxygen atoms in total. The third-order valence-electron chi connectivity index (χ3n) is 2.74. The highest BCUT2D eigenvalue weighted by Gasteiger charge is 2.15. The molecule has 0 aromatic heterocycles. The minimum atomic E-state index is -1.10. The average molecular weight is 269 g/mol. The highest BCUT2D eigenvalue weighted by atomic mass is 35.5. The third kappa shape index (κ3) is 2.68. The van der Waals surface area contributed by atoms with Gasteiger partial charge in [-0.1, -0.05) is 17.7 Å². The molecule has 2 aromatic rings. The number of hydrogen-bond acceptors (Lipinski definition) is 1. The lowest BCUT2D eigenvalue weighted by molar-refractivity contribution is 0.218. The Kier molecular flexibility index (Phi) is 3.64. The molecule has 0 aliphatic heterocycles. The number of halogens is 3. The van der Waals surface area contributed by atoms with Crippen LogP contribution in [0.5, 0.6) is 0 Å². The Morgan fingerprint density at radius 1 is 1.06 bits per heavy atom. The lowest BCUT2D eigenvalue weighted by Crippen LogP contribution is -2.03. The van der Waals surface area contributed by atoms with Crippen LogP contribution in [0.15, 0.2) is 36.4 Å². The van der Waals surface area contributed by atoms with Gasteiger partial charge in [0.25, 0.3) is 0 Å². The summed E-state index contributed by atoms with van der Waals surface area (Å²) in [4.78, 5) is 0. The molecule has 0 amide bonds. The van der Waals surface area contributed by atoms with E-state index in [-0.39, 0.29) is 5.02 Å². The maximum Gasteiger partial charge on any atom is 0.125 e. The number of aliphatic hydroxyl groups is 1. The molecule has 0 saturated carbocycles. The smallest absolute Gasteiger partial charge is 0.125 e. The van der Waals surface area contributed by atoms with Gasteiger partial charge in [-0.05, 0) is 53.9 Å². The number of aliphatic hydroxyl groups excluding tert-OH is 1. The van der Waals surface area contributed by atoms with Crippen molar-refractivity contribution in [3.8, 4) is 0 Å². The van der Waals surface area contributed by atoms with Gasteiger partial charge in [0.2, 0.25) is 0 Å². The van der Waals surface area contributed by atoms with Crippen molar-refractivity contribution in [2.45, 2.75) is 13.0 Å². The second-order valence-electron chi connectivity index (χ2n) is 4.11. The highest BCUT2D eigenvalue weighted by Crippen LogP contribution is 2.28. The van der Waals surface area contributed by atoms with Crippen molar-refractivity contribution in [2.24, 2.45) is 0 Å². The van der Waals surface area contributed by atoms with Gasteiger partial charge in [0.15, 0.2) is 0 Å². The fourth-order valence-corrected chi connectivity index (χ4v) is 2.05. The Hall–Kier alpha value is -1.45. The number of benzene rings is 2. The topological polar surface area (TPSA) is 20.2 Å². The fraction of sp³-hybridized carbons (Fsp3) is 0.143. The van der Waals surface area contributed by atoms with Gasteiger partial charge in [0, 0.05) is 5.02 Å². The van der Waals surface area contributed by atoms with E-state index in [0.717, 1.165) is 11.6 Å². The van der Waals surface area contributed by atoms with Crippen LogP contribution in [0.1, 0.15) is 22.8 Å². The van der Waals surface area contributed by atoms with Crippen molar-refractivity contribution in [1.82, 2.24) is 0 Å². The molecule has 1 N–H and O–H groups in total. The summed E-state index contributed by atoms with van der Waals surface area (Å²) >= 11 is 5.73. The van der Waals surface area contributed by atoms with Gasteiger partial charge in [-0.25, -0.2) is 8.78 Å². The van der Waals surface area contributed by atoms with Crippen LogP contribution in [-0.2, 0) is 0 Å². The summed E-state index contributed by atoms with van der Waals surface area (Å²) in [5.74, 6) is -0.984. The van der Waals surface area contributed by atoms with Crippen LogP contribution in [0.3, 0.4) is 0 Å². The summed E-state index contributed by atoms with van der Waals surface area (Å²) in [6, 6.07) is 7.90. The normalized spacial score (nSPS) is 12.5. The van der Waals surface area contributed by atoms with Crippen molar-refractivity contribution in [2.75, 3.05) is 0 Å². The molecule has 0 aliphatic rings. The predicted octanol–water partition coefficient (Wildman–Crippen LogP) is 4.01. The summed E-state index contributed by atoms with van der Waals surface area (Å²) in [6.45, 7) is 1.75. The summed E-state index contributed by atoms with van der Waals surface area (Å²) in [6.07, 6.45) is -1.10. The second-order valence-corrected chi connectivity index (χ2v) is 4.54. The van der Waals surface area contributed by atoms with Crippen LogP contribution in [0.4, 0.5) is 8.78 Å². The van der Waals surface area contributed by atoms with Crippen LogP contribution in [-0.4, -0.2) is 5.11 Å². The Morgan fingerprint density at radius 2 is 1.78 bits per heavy atom. The lowest BCUT2D eigenvalue weighted by Gasteiger charge is -2.14. The van der Waals surface area contributed by atoms with Gasteiger partial charge in [0.1, 0.15) is 17.7 Å². The zero-order valence-electron chi connectivity index (χ0n) is 9.62. The molecule has 2 rings (SSSR count). The molecule has 0 fully saturated rings. The van der Waals surface area contributed by atoms with Crippen molar-refractivity contribution in [1.29, 1.82) is 0 Å². The van der Waals surface area contributed by atoms with E-state index in [1.54, 1.807) is 13.0 Å². The maximum atomic E-state index is 13.2. The molecular weight excluding hydrogens is 258 g/mol. The van der Waals surface area contributed by atoms with Gasteiger partial charge < -0.3 is 5.11 Å². The third-order valence-corrected chi connectivity index (χ3v) is 2.95. The first-order valence-electron chi connectivity index (χ1n) is 5.37. The van der Waals surface area contributed by atoms with E-state index in [1.165, 1.54) is 24.3 Å². The monoisotopic (exact) mass is 268 g/mol. The summed E-state index contributed by atoms with van der Waals surface area (Å²) < 4.78 is 26.4. The van der Waals surface area contributed by atoms with E-state index in [2.05, 4.69) is 0 Å². The molecule has 2 aromatic carbocycles. The highest BCUT2D eigenvalue weighted by molar-refractivity contribution is 6.30. The quantitative estimate of drug-likeness (QED) is 0.873. The molecule has 0 bridgehead atoms. The Labute approximate surface area is 109 Å². The second kappa shape index (κ2) is 5.04. The molecule has 0 aliphatic carbocycles. The van der Waals surface area contributed by atoms with E-state index in [0.29, 0.717) is 11.1 Å². The molecule has 0 heterocycles. The molecule has 1 unspecified atom stereocenters. The van der Waals surface area contributed by atoms with Gasteiger partial charge in [-0.15, -0.1) is 0 Å². The molecule has 18 heavy (non-hydrogen) atoms. The maximum absolute atomic E-state index is 13.2. The molecule has 0 saturated heterocycles. The van der Waals surface area contributed by atoms with Crippen LogP contribution >= 0.6 is 11.6 Å². The van der Waals surface area contributed by atoms with Crippen LogP contribution < -0.4 is 0 Å². The van der Waals surface area contributed by atoms with Gasteiger partial charge in [0.05, 0.1) is 0 Å².